The van der Waals surface area contributed by atoms with E-state index in [4.69, 9.17) is 23.7 Å². The van der Waals surface area contributed by atoms with Crippen molar-refractivity contribution in [3.8, 4) is 28.7 Å². The van der Waals surface area contributed by atoms with E-state index in [-0.39, 0.29) is 5.78 Å². The molecule has 2 rings (SSSR count). The maximum Gasteiger partial charge on any atom is 0.203 e. The van der Waals surface area contributed by atoms with Gasteiger partial charge in [0.1, 0.15) is 0 Å². The summed E-state index contributed by atoms with van der Waals surface area (Å²) in [6, 6.07) is 8.93. The molecule has 0 bridgehead atoms. The van der Waals surface area contributed by atoms with Crippen LogP contribution in [-0.4, -0.2) is 41.3 Å². The highest BCUT2D eigenvalue weighted by molar-refractivity contribution is 6.24. The Balaban J connectivity index is 2.61. The van der Waals surface area contributed by atoms with E-state index in [0.717, 1.165) is 5.56 Å². The molecular weight excluding hydrogens is 348 g/mol. The molecule has 144 valence electrons. The topological polar surface area (TPSA) is 63.2 Å². The molecule has 0 aromatic heterocycles. The first-order valence-corrected chi connectivity index (χ1v) is 8.24. The van der Waals surface area contributed by atoms with Crippen LogP contribution in [0.2, 0.25) is 0 Å². The van der Waals surface area contributed by atoms with Crippen LogP contribution >= 0.6 is 0 Å². The van der Waals surface area contributed by atoms with E-state index in [1.54, 1.807) is 44.6 Å². The molecule has 0 N–H and O–H groups in total. The number of ether oxygens (including phenoxy) is 5. The van der Waals surface area contributed by atoms with Crippen LogP contribution in [0.1, 0.15) is 18.1 Å². The van der Waals surface area contributed by atoms with Crippen molar-refractivity contribution in [2.45, 2.75) is 6.92 Å². The highest BCUT2D eigenvalue weighted by Crippen LogP contribution is 2.40. The quantitative estimate of drug-likeness (QED) is 0.518. The molecule has 2 aromatic carbocycles. The van der Waals surface area contributed by atoms with Crippen molar-refractivity contribution in [3.63, 3.8) is 0 Å². The Morgan fingerprint density at radius 3 is 1.74 bits per heavy atom. The van der Waals surface area contributed by atoms with Crippen LogP contribution in [0.4, 0.5) is 0 Å². The van der Waals surface area contributed by atoms with Crippen LogP contribution in [0.15, 0.2) is 30.3 Å². The van der Waals surface area contributed by atoms with Gasteiger partial charge in [-0.15, -0.1) is 0 Å². The molecule has 0 aliphatic heterocycles. The number of allylic oxidation sites excluding steroid dienone is 1. The van der Waals surface area contributed by atoms with Crippen LogP contribution in [0, 0.1) is 0 Å². The number of methoxy groups -OCH3 is 5. The van der Waals surface area contributed by atoms with Crippen LogP contribution in [0.25, 0.3) is 11.6 Å². The lowest BCUT2D eigenvalue weighted by atomic mass is 9.98. The highest BCUT2D eigenvalue weighted by Gasteiger charge is 2.17. The molecule has 0 radical (unpaired) electrons. The molecule has 0 fully saturated rings. The summed E-state index contributed by atoms with van der Waals surface area (Å²) in [6.45, 7) is 1.51. The van der Waals surface area contributed by atoms with Gasteiger partial charge in [-0.05, 0) is 48.4 Å². The minimum absolute atomic E-state index is 0.0981. The third kappa shape index (κ3) is 4.34. The minimum Gasteiger partial charge on any atom is -0.493 e. The Labute approximate surface area is 159 Å². The van der Waals surface area contributed by atoms with E-state index < -0.39 is 0 Å². The zero-order chi connectivity index (χ0) is 20.0. The van der Waals surface area contributed by atoms with Gasteiger partial charge >= 0.3 is 0 Å². The van der Waals surface area contributed by atoms with Crippen molar-refractivity contribution in [2.75, 3.05) is 35.5 Å². The molecule has 2 aromatic rings. The third-order valence-corrected chi connectivity index (χ3v) is 4.07. The average molecular weight is 372 g/mol. The summed E-state index contributed by atoms with van der Waals surface area (Å²) in [5.41, 5.74) is 1.96. The Hall–Kier alpha value is -3.15. The fourth-order valence-electron chi connectivity index (χ4n) is 2.73. The molecule has 6 nitrogen and oxygen atoms in total. The van der Waals surface area contributed by atoms with Crippen LogP contribution in [0.3, 0.4) is 0 Å². The van der Waals surface area contributed by atoms with Crippen LogP contribution in [-0.2, 0) is 4.79 Å². The first-order chi connectivity index (χ1) is 13.0. The molecule has 0 heterocycles. The van der Waals surface area contributed by atoms with Crippen molar-refractivity contribution < 1.29 is 28.5 Å². The predicted octanol–water partition coefficient (Wildman–Crippen LogP) is 3.86. The van der Waals surface area contributed by atoms with Crippen molar-refractivity contribution in [3.05, 3.63) is 41.5 Å². The van der Waals surface area contributed by atoms with Gasteiger partial charge in [-0.3, -0.25) is 4.79 Å². The zero-order valence-electron chi connectivity index (χ0n) is 16.4. The fraction of sp³-hybridized carbons (Fsp3) is 0.286. The molecule has 0 atom stereocenters. The van der Waals surface area contributed by atoms with Gasteiger partial charge in [0.25, 0.3) is 0 Å². The summed E-state index contributed by atoms with van der Waals surface area (Å²) < 4.78 is 26.7. The summed E-state index contributed by atoms with van der Waals surface area (Å²) in [7, 11) is 7.74. The number of carbonyl (C=O) groups excluding carboxylic acids is 1. The van der Waals surface area contributed by atoms with E-state index in [0.29, 0.717) is 39.9 Å². The molecule has 0 aliphatic carbocycles. The van der Waals surface area contributed by atoms with Crippen molar-refractivity contribution in [1.82, 2.24) is 0 Å². The van der Waals surface area contributed by atoms with E-state index in [1.807, 2.05) is 6.07 Å². The average Bonchev–Trinajstić information content (AvgIpc) is 2.70. The lowest BCUT2D eigenvalue weighted by Crippen LogP contribution is -2.00. The standard InChI is InChI=1S/C21H24O6/c1-13(22)16(9-14-7-8-17(23-2)18(10-14)24-3)15-11-19(25-4)21(27-6)20(12-15)26-5/h7-12H,1-6H3/b16-9-. The van der Waals surface area contributed by atoms with Crippen LogP contribution in [0.5, 0.6) is 28.7 Å². The van der Waals surface area contributed by atoms with E-state index in [2.05, 4.69) is 0 Å². The Morgan fingerprint density at radius 2 is 1.30 bits per heavy atom. The SMILES string of the molecule is COc1ccc(/C=C(/C(C)=O)c2cc(OC)c(OC)c(OC)c2)cc1OC. The number of hydrogen-bond acceptors (Lipinski definition) is 6. The second-order valence-electron chi connectivity index (χ2n) is 5.64. The number of Topliss-reactive ketones (excluding diaryl/α,β-unsaturated/α-hetero) is 1. The molecular formula is C21H24O6. The minimum atomic E-state index is -0.0981. The first kappa shape index (κ1) is 20.2. The molecule has 0 amide bonds. The van der Waals surface area contributed by atoms with Crippen molar-refractivity contribution >= 4 is 17.4 Å². The van der Waals surface area contributed by atoms with Crippen molar-refractivity contribution in [1.29, 1.82) is 0 Å². The second kappa shape index (κ2) is 8.98. The number of ketones is 1. The molecule has 0 saturated carbocycles. The molecule has 27 heavy (non-hydrogen) atoms. The Morgan fingerprint density at radius 1 is 0.741 bits per heavy atom. The summed E-state index contributed by atoms with van der Waals surface area (Å²) in [5.74, 6) is 2.53. The van der Waals surface area contributed by atoms with Gasteiger partial charge in [0, 0.05) is 5.57 Å². The maximum absolute atomic E-state index is 12.3. The summed E-state index contributed by atoms with van der Waals surface area (Å²) in [6.07, 6.45) is 1.78. The largest absolute Gasteiger partial charge is 0.493 e. The Kier molecular flexibility index (Phi) is 6.71. The lowest BCUT2D eigenvalue weighted by molar-refractivity contribution is -0.111. The van der Waals surface area contributed by atoms with Gasteiger partial charge in [-0.1, -0.05) is 6.07 Å². The first-order valence-electron chi connectivity index (χ1n) is 8.24. The number of benzene rings is 2. The second-order valence-corrected chi connectivity index (χ2v) is 5.64. The van der Waals surface area contributed by atoms with Crippen LogP contribution < -0.4 is 23.7 Å². The normalized spacial score (nSPS) is 11.0. The molecule has 0 unspecified atom stereocenters. The van der Waals surface area contributed by atoms with Gasteiger partial charge in [0.05, 0.1) is 35.5 Å². The molecule has 0 aliphatic rings. The van der Waals surface area contributed by atoms with Gasteiger partial charge in [-0.2, -0.15) is 0 Å². The van der Waals surface area contributed by atoms with Gasteiger partial charge < -0.3 is 23.7 Å². The van der Waals surface area contributed by atoms with Gasteiger partial charge in [0.2, 0.25) is 5.75 Å². The number of carbonyl (C=O) groups is 1. The molecule has 6 heteroatoms. The van der Waals surface area contributed by atoms with Gasteiger partial charge in [0.15, 0.2) is 28.8 Å². The third-order valence-electron chi connectivity index (χ3n) is 4.07. The number of hydrogen-bond donors (Lipinski definition) is 0. The summed E-state index contributed by atoms with van der Waals surface area (Å²) in [4.78, 5) is 12.3. The monoisotopic (exact) mass is 372 g/mol. The van der Waals surface area contributed by atoms with Crippen molar-refractivity contribution in [2.24, 2.45) is 0 Å². The lowest BCUT2D eigenvalue weighted by Gasteiger charge is -2.15. The fourth-order valence-corrected chi connectivity index (χ4v) is 2.73. The maximum atomic E-state index is 12.3. The summed E-state index contributed by atoms with van der Waals surface area (Å²) in [5, 5.41) is 0. The molecule has 0 spiro atoms. The van der Waals surface area contributed by atoms with Gasteiger partial charge in [-0.25, -0.2) is 0 Å². The smallest absolute Gasteiger partial charge is 0.203 e. The van der Waals surface area contributed by atoms with E-state index in [9.17, 15) is 4.79 Å². The molecule has 0 saturated heterocycles. The zero-order valence-corrected chi connectivity index (χ0v) is 16.4. The van der Waals surface area contributed by atoms with E-state index in [1.165, 1.54) is 28.3 Å². The summed E-state index contributed by atoms with van der Waals surface area (Å²) >= 11 is 0. The highest BCUT2D eigenvalue weighted by atomic mass is 16.5. The Bertz CT molecular complexity index is 829. The number of rotatable bonds is 8. The predicted molar refractivity (Wildman–Crippen MR) is 104 cm³/mol. The van der Waals surface area contributed by atoms with E-state index >= 15 is 0 Å².